The number of rotatable bonds is 1. The van der Waals surface area contributed by atoms with E-state index in [0.29, 0.717) is 6.61 Å². The van der Waals surface area contributed by atoms with Crippen LogP contribution >= 0.6 is 11.8 Å². The molecule has 0 spiro atoms. The summed E-state index contributed by atoms with van der Waals surface area (Å²) in [7, 11) is 0. The van der Waals surface area contributed by atoms with E-state index in [4.69, 9.17) is 10.5 Å². The van der Waals surface area contributed by atoms with E-state index in [9.17, 15) is 0 Å². The van der Waals surface area contributed by atoms with E-state index >= 15 is 0 Å². The van der Waals surface area contributed by atoms with Crippen LogP contribution in [-0.4, -0.2) is 12.9 Å². The van der Waals surface area contributed by atoms with Gasteiger partial charge in [-0.2, -0.15) is 0 Å². The monoisotopic (exact) mass is 181 g/mol. The van der Waals surface area contributed by atoms with E-state index in [1.807, 2.05) is 18.4 Å². The Morgan fingerprint density at radius 2 is 2.42 bits per heavy atom. The summed E-state index contributed by atoms with van der Waals surface area (Å²) >= 11 is 1.70. The molecule has 0 radical (unpaired) electrons. The molecule has 64 valence electrons. The van der Waals surface area contributed by atoms with Gasteiger partial charge in [0.05, 0.1) is 6.04 Å². The van der Waals surface area contributed by atoms with Crippen LogP contribution in [0.4, 0.5) is 0 Å². The van der Waals surface area contributed by atoms with Crippen LogP contribution in [0.15, 0.2) is 23.1 Å². The highest BCUT2D eigenvalue weighted by Crippen LogP contribution is 2.38. The van der Waals surface area contributed by atoms with Gasteiger partial charge in [-0.25, -0.2) is 0 Å². The molecule has 12 heavy (non-hydrogen) atoms. The van der Waals surface area contributed by atoms with E-state index in [1.165, 1.54) is 4.90 Å². The molecule has 0 amide bonds. The number of para-hydroxylation sites is 1. The quantitative estimate of drug-likeness (QED) is 0.671. The highest BCUT2D eigenvalue weighted by molar-refractivity contribution is 7.98. The molecule has 2 nitrogen and oxygen atoms in total. The van der Waals surface area contributed by atoms with Crippen molar-refractivity contribution < 1.29 is 4.74 Å². The van der Waals surface area contributed by atoms with Crippen molar-refractivity contribution in [3.8, 4) is 5.75 Å². The number of thioether (sulfide) groups is 1. The van der Waals surface area contributed by atoms with Crippen LogP contribution in [0, 0.1) is 0 Å². The molecule has 3 heteroatoms. The Labute approximate surface area is 76.1 Å². The molecule has 0 aliphatic carbocycles. The molecule has 0 fully saturated rings. The van der Waals surface area contributed by atoms with Crippen LogP contribution in [0.3, 0.4) is 0 Å². The Kier molecular flexibility index (Phi) is 1.98. The normalized spacial score (nSPS) is 20.3. The second-order valence-electron chi connectivity index (χ2n) is 2.80. The van der Waals surface area contributed by atoms with E-state index < -0.39 is 0 Å². The van der Waals surface area contributed by atoms with Crippen molar-refractivity contribution in [3.63, 3.8) is 0 Å². The van der Waals surface area contributed by atoms with Gasteiger partial charge in [-0.3, -0.25) is 0 Å². The predicted molar refractivity (Wildman–Crippen MR) is 50.6 cm³/mol. The van der Waals surface area contributed by atoms with Crippen LogP contribution in [0.1, 0.15) is 11.6 Å². The van der Waals surface area contributed by atoms with Gasteiger partial charge >= 0.3 is 0 Å². The molecule has 0 bridgehead atoms. The van der Waals surface area contributed by atoms with Crippen molar-refractivity contribution in [1.29, 1.82) is 0 Å². The molecule has 1 aliphatic rings. The Morgan fingerprint density at radius 1 is 1.58 bits per heavy atom. The predicted octanol–water partition coefficient (Wildman–Crippen LogP) is 1.80. The lowest BCUT2D eigenvalue weighted by atomic mass is 10.1. The molecular weight excluding hydrogens is 170 g/mol. The minimum absolute atomic E-state index is 0.0621. The SMILES string of the molecule is CSc1cccc2c1OC[C@H]2N. The van der Waals surface area contributed by atoms with Crippen LogP contribution in [0.2, 0.25) is 0 Å². The number of ether oxygens (including phenoxy) is 1. The first kappa shape index (κ1) is 7.95. The lowest BCUT2D eigenvalue weighted by molar-refractivity contribution is 0.327. The van der Waals surface area contributed by atoms with Gasteiger partial charge in [0.2, 0.25) is 0 Å². The first-order valence-corrected chi connectivity index (χ1v) is 5.10. The van der Waals surface area contributed by atoms with E-state index in [0.717, 1.165) is 11.3 Å². The molecule has 1 atom stereocenters. The first-order valence-electron chi connectivity index (χ1n) is 3.88. The average molecular weight is 181 g/mol. The molecule has 0 saturated carbocycles. The third kappa shape index (κ3) is 1.09. The largest absolute Gasteiger partial charge is 0.490 e. The summed E-state index contributed by atoms with van der Waals surface area (Å²) in [6.45, 7) is 0.618. The van der Waals surface area contributed by atoms with Gasteiger partial charge in [0.1, 0.15) is 12.4 Å². The maximum absolute atomic E-state index is 5.84. The maximum atomic E-state index is 5.84. The lowest BCUT2D eigenvalue weighted by Crippen LogP contribution is -2.10. The van der Waals surface area contributed by atoms with Crippen LogP contribution in [-0.2, 0) is 0 Å². The van der Waals surface area contributed by atoms with Crippen LogP contribution in [0.5, 0.6) is 5.75 Å². The molecule has 0 saturated heterocycles. The van der Waals surface area contributed by atoms with Gasteiger partial charge in [-0.1, -0.05) is 12.1 Å². The fraction of sp³-hybridized carbons (Fsp3) is 0.333. The molecule has 2 N–H and O–H groups in total. The minimum Gasteiger partial charge on any atom is -0.490 e. The zero-order valence-electron chi connectivity index (χ0n) is 6.91. The molecule has 1 heterocycles. The molecular formula is C9H11NOS. The molecule has 2 rings (SSSR count). The Hall–Kier alpha value is -0.670. The standard InChI is InChI=1S/C9H11NOS/c1-12-8-4-2-3-6-7(10)5-11-9(6)8/h2-4,7H,5,10H2,1H3/t7-/m1/s1. The molecule has 0 unspecified atom stereocenters. The summed E-state index contributed by atoms with van der Waals surface area (Å²) in [4.78, 5) is 1.18. The third-order valence-electron chi connectivity index (χ3n) is 2.04. The smallest absolute Gasteiger partial charge is 0.137 e. The average Bonchev–Trinajstić information content (AvgIpc) is 2.48. The Bertz CT molecular complexity index is 301. The highest BCUT2D eigenvalue weighted by atomic mass is 32.2. The lowest BCUT2D eigenvalue weighted by Gasteiger charge is -2.03. The van der Waals surface area contributed by atoms with Crippen molar-refractivity contribution in [1.82, 2.24) is 0 Å². The second kappa shape index (κ2) is 2.99. The van der Waals surface area contributed by atoms with Crippen LogP contribution < -0.4 is 10.5 Å². The Morgan fingerprint density at radius 3 is 3.17 bits per heavy atom. The molecule has 1 aromatic rings. The topological polar surface area (TPSA) is 35.2 Å². The van der Waals surface area contributed by atoms with Crippen molar-refractivity contribution in [2.24, 2.45) is 5.73 Å². The zero-order valence-corrected chi connectivity index (χ0v) is 7.73. The van der Waals surface area contributed by atoms with Gasteiger partial charge in [0.25, 0.3) is 0 Å². The summed E-state index contributed by atoms with van der Waals surface area (Å²) in [5.74, 6) is 0.984. The van der Waals surface area contributed by atoms with Crippen molar-refractivity contribution in [2.45, 2.75) is 10.9 Å². The van der Waals surface area contributed by atoms with Crippen LogP contribution in [0.25, 0.3) is 0 Å². The number of fused-ring (bicyclic) bond motifs is 1. The van der Waals surface area contributed by atoms with Gasteiger partial charge in [0.15, 0.2) is 0 Å². The highest BCUT2D eigenvalue weighted by Gasteiger charge is 2.22. The maximum Gasteiger partial charge on any atom is 0.137 e. The molecule has 1 aliphatic heterocycles. The minimum atomic E-state index is 0.0621. The fourth-order valence-corrected chi connectivity index (χ4v) is 1.98. The summed E-state index contributed by atoms with van der Waals surface area (Å²) in [6, 6.07) is 6.18. The number of nitrogens with two attached hydrogens (primary N) is 1. The third-order valence-corrected chi connectivity index (χ3v) is 2.80. The molecule has 1 aromatic carbocycles. The molecule has 0 aromatic heterocycles. The van der Waals surface area contributed by atoms with E-state index in [-0.39, 0.29) is 6.04 Å². The van der Waals surface area contributed by atoms with Gasteiger partial charge in [-0.15, -0.1) is 11.8 Å². The summed E-state index contributed by atoms with van der Waals surface area (Å²) in [5, 5.41) is 0. The van der Waals surface area contributed by atoms with Crippen molar-refractivity contribution >= 4 is 11.8 Å². The van der Waals surface area contributed by atoms with E-state index in [2.05, 4.69) is 6.07 Å². The number of hydrogen-bond donors (Lipinski definition) is 1. The van der Waals surface area contributed by atoms with Gasteiger partial charge in [0, 0.05) is 10.5 Å². The zero-order chi connectivity index (χ0) is 8.55. The second-order valence-corrected chi connectivity index (χ2v) is 3.64. The number of hydrogen-bond acceptors (Lipinski definition) is 3. The van der Waals surface area contributed by atoms with Gasteiger partial charge in [-0.05, 0) is 12.3 Å². The summed E-state index contributed by atoms with van der Waals surface area (Å²) < 4.78 is 5.49. The van der Waals surface area contributed by atoms with Crippen molar-refractivity contribution in [3.05, 3.63) is 23.8 Å². The summed E-state index contributed by atoms with van der Waals surface area (Å²) in [5.41, 5.74) is 6.98. The Balaban J connectivity index is 2.50. The first-order chi connectivity index (χ1) is 5.83. The number of benzene rings is 1. The van der Waals surface area contributed by atoms with Crippen molar-refractivity contribution in [2.75, 3.05) is 12.9 Å². The van der Waals surface area contributed by atoms with E-state index in [1.54, 1.807) is 11.8 Å². The summed E-state index contributed by atoms with van der Waals surface area (Å²) in [6.07, 6.45) is 2.04. The fourth-order valence-electron chi connectivity index (χ4n) is 1.40. The van der Waals surface area contributed by atoms with Gasteiger partial charge < -0.3 is 10.5 Å².